The van der Waals surface area contributed by atoms with Crippen molar-refractivity contribution in [2.45, 2.75) is 12.5 Å². The van der Waals surface area contributed by atoms with Crippen molar-refractivity contribution in [2.75, 3.05) is 10.6 Å². The Morgan fingerprint density at radius 2 is 2.04 bits per heavy atom. The van der Waals surface area contributed by atoms with E-state index in [9.17, 15) is 13.6 Å². The molecule has 25 heavy (non-hydrogen) atoms. The Bertz CT molecular complexity index is 1020. The minimum Gasteiger partial charge on any atom is -0.324 e. The molecule has 5 nitrogen and oxygen atoms in total. The van der Waals surface area contributed by atoms with Crippen molar-refractivity contribution in [3.63, 3.8) is 0 Å². The average molecular weight is 383 g/mol. The zero-order valence-corrected chi connectivity index (χ0v) is 14.0. The highest BCUT2D eigenvalue weighted by molar-refractivity contribution is 6.36. The van der Waals surface area contributed by atoms with Gasteiger partial charge in [0.15, 0.2) is 0 Å². The van der Waals surface area contributed by atoms with Gasteiger partial charge in [0, 0.05) is 5.02 Å². The summed E-state index contributed by atoms with van der Waals surface area (Å²) in [5.74, 6) is -4.77. The minimum absolute atomic E-state index is 0.155. The first kappa shape index (κ1) is 16.1. The van der Waals surface area contributed by atoms with E-state index in [1.165, 1.54) is 10.6 Å². The summed E-state index contributed by atoms with van der Waals surface area (Å²) < 4.78 is 29.6. The van der Waals surface area contributed by atoms with E-state index in [0.717, 1.165) is 0 Å². The van der Waals surface area contributed by atoms with Gasteiger partial charge in [0.05, 0.1) is 34.0 Å². The zero-order chi connectivity index (χ0) is 17.8. The largest absolute Gasteiger partial charge is 0.342 e. The summed E-state index contributed by atoms with van der Waals surface area (Å²) in [6, 6.07) is 9.64. The molecule has 0 radical (unpaired) electrons. The van der Waals surface area contributed by atoms with Crippen LogP contribution >= 0.6 is 23.2 Å². The molecule has 2 aromatic carbocycles. The van der Waals surface area contributed by atoms with Crippen LogP contribution < -0.4 is 10.6 Å². The molecule has 2 N–H and O–H groups in total. The number of benzene rings is 2. The summed E-state index contributed by atoms with van der Waals surface area (Å²) in [6.45, 7) is -0.833. The monoisotopic (exact) mass is 382 g/mol. The molecule has 0 aliphatic carbocycles. The lowest BCUT2D eigenvalue weighted by molar-refractivity contribution is -0.141. The Kier molecular flexibility index (Phi) is 3.59. The summed E-state index contributed by atoms with van der Waals surface area (Å²) in [5.41, 5.74) is 1.64. The second kappa shape index (κ2) is 5.57. The number of imidazole rings is 1. The van der Waals surface area contributed by atoms with E-state index in [1.54, 1.807) is 30.3 Å². The van der Waals surface area contributed by atoms with Crippen molar-refractivity contribution in [2.24, 2.45) is 0 Å². The zero-order valence-electron chi connectivity index (χ0n) is 12.5. The van der Waals surface area contributed by atoms with Gasteiger partial charge in [-0.2, -0.15) is 8.78 Å². The Balaban J connectivity index is 1.87. The van der Waals surface area contributed by atoms with Crippen LogP contribution in [-0.4, -0.2) is 21.4 Å². The van der Waals surface area contributed by atoms with Crippen molar-refractivity contribution in [1.29, 1.82) is 0 Å². The summed E-state index contributed by atoms with van der Waals surface area (Å²) in [4.78, 5) is 16.1. The van der Waals surface area contributed by atoms with Gasteiger partial charge >= 0.3 is 5.92 Å². The summed E-state index contributed by atoms with van der Waals surface area (Å²) in [7, 11) is 0. The molecular weight excluding hydrogens is 373 g/mol. The third kappa shape index (κ3) is 2.69. The van der Waals surface area contributed by atoms with Crippen LogP contribution in [0.2, 0.25) is 10.0 Å². The van der Waals surface area contributed by atoms with Crippen molar-refractivity contribution in [3.8, 4) is 0 Å². The van der Waals surface area contributed by atoms with Crippen LogP contribution in [0.1, 0.15) is 0 Å². The molecule has 0 saturated heterocycles. The lowest BCUT2D eigenvalue weighted by Crippen LogP contribution is -2.36. The predicted molar refractivity (Wildman–Crippen MR) is 93.1 cm³/mol. The fourth-order valence-electron chi connectivity index (χ4n) is 2.73. The van der Waals surface area contributed by atoms with Crippen LogP contribution in [0.3, 0.4) is 0 Å². The third-order valence-electron chi connectivity index (χ3n) is 3.88. The number of rotatable bonds is 2. The maximum Gasteiger partial charge on any atom is 0.342 e. The van der Waals surface area contributed by atoms with Crippen LogP contribution in [-0.2, 0) is 11.3 Å². The lowest BCUT2D eigenvalue weighted by atomic mass is 10.2. The van der Waals surface area contributed by atoms with E-state index >= 15 is 0 Å². The first-order valence-corrected chi connectivity index (χ1v) is 8.01. The molecule has 0 unspecified atom stereocenters. The van der Waals surface area contributed by atoms with E-state index in [-0.39, 0.29) is 11.6 Å². The van der Waals surface area contributed by atoms with E-state index in [4.69, 9.17) is 23.2 Å². The number of anilines is 3. The minimum atomic E-state index is -3.58. The number of hydrogen-bond donors (Lipinski definition) is 2. The molecule has 1 aliphatic heterocycles. The van der Waals surface area contributed by atoms with Crippen molar-refractivity contribution in [3.05, 3.63) is 46.4 Å². The highest BCUT2D eigenvalue weighted by Crippen LogP contribution is 2.36. The number of hydrogen-bond acceptors (Lipinski definition) is 3. The molecule has 1 aromatic heterocycles. The fourth-order valence-corrected chi connectivity index (χ4v) is 3.19. The molecule has 2 heterocycles. The average Bonchev–Trinajstić information content (AvgIpc) is 2.82. The Morgan fingerprint density at radius 1 is 1.24 bits per heavy atom. The molecule has 128 valence electrons. The van der Waals surface area contributed by atoms with Gasteiger partial charge in [-0.15, -0.1) is 0 Å². The van der Waals surface area contributed by atoms with Gasteiger partial charge in [-0.25, -0.2) is 4.98 Å². The molecular formula is C16H10Cl2F2N4O. The van der Waals surface area contributed by atoms with Gasteiger partial charge in [0.1, 0.15) is 0 Å². The van der Waals surface area contributed by atoms with Gasteiger partial charge in [-0.3, -0.25) is 4.79 Å². The van der Waals surface area contributed by atoms with Crippen molar-refractivity contribution < 1.29 is 13.6 Å². The maximum absolute atomic E-state index is 14.1. The smallest absolute Gasteiger partial charge is 0.324 e. The second-order valence-electron chi connectivity index (χ2n) is 5.60. The standard InChI is InChI=1S/C16H10Cl2F2N4O/c17-8-4-5-10(9(18)6-8)22-15-23-12-3-1-2-11-13(12)24(15)7-16(19,20)14(25)21-11/h1-6H,7H2,(H,21,25)(H,22,23). The number of alkyl halides is 2. The van der Waals surface area contributed by atoms with E-state index < -0.39 is 18.4 Å². The van der Waals surface area contributed by atoms with Gasteiger partial charge in [-0.05, 0) is 30.3 Å². The summed E-state index contributed by atoms with van der Waals surface area (Å²) >= 11 is 12.0. The highest BCUT2D eigenvalue weighted by Gasteiger charge is 2.43. The van der Waals surface area contributed by atoms with Crippen molar-refractivity contribution >= 4 is 57.5 Å². The molecule has 0 fully saturated rings. The van der Waals surface area contributed by atoms with E-state index in [1.807, 2.05) is 0 Å². The maximum atomic E-state index is 14.1. The molecule has 0 bridgehead atoms. The molecule has 1 amide bonds. The molecule has 0 atom stereocenters. The second-order valence-corrected chi connectivity index (χ2v) is 6.45. The molecule has 3 aromatic rings. The number of carbonyl (C=O) groups is 1. The number of nitrogens with one attached hydrogen (secondary N) is 2. The topological polar surface area (TPSA) is 59.0 Å². The van der Waals surface area contributed by atoms with Crippen LogP contribution in [0, 0.1) is 0 Å². The first-order valence-electron chi connectivity index (χ1n) is 7.26. The van der Waals surface area contributed by atoms with Crippen LogP contribution in [0.4, 0.5) is 26.1 Å². The van der Waals surface area contributed by atoms with E-state index in [0.29, 0.717) is 26.8 Å². The number of para-hydroxylation sites is 1. The molecule has 1 aliphatic rings. The molecule has 4 rings (SSSR count). The number of carbonyl (C=O) groups excluding carboxylic acids is 1. The van der Waals surface area contributed by atoms with Gasteiger partial charge in [0.2, 0.25) is 5.95 Å². The van der Waals surface area contributed by atoms with Crippen LogP contribution in [0.25, 0.3) is 11.0 Å². The Morgan fingerprint density at radius 3 is 2.80 bits per heavy atom. The SMILES string of the molecule is O=C1Nc2cccc3nc(Nc4ccc(Cl)cc4Cl)n(c23)CC1(F)F. The quantitative estimate of drug-likeness (QED) is 0.676. The number of nitrogens with zero attached hydrogens (tertiary/aromatic N) is 2. The third-order valence-corrected chi connectivity index (χ3v) is 4.43. The lowest BCUT2D eigenvalue weighted by Gasteiger charge is -2.15. The molecule has 9 heteroatoms. The number of amides is 1. The van der Waals surface area contributed by atoms with Gasteiger partial charge in [0.25, 0.3) is 5.91 Å². The summed E-state index contributed by atoms with van der Waals surface area (Å²) in [5, 5.41) is 5.96. The Hall–Kier alpha value is -2.38. The number of halogens is 4. The predicted octanol–water partition coefficient (Wildman–Crippen LogP) is 4.67. The van der Waals surface area contributed by atoms with Crippen LogP contribution in [0.15, 0.2) is 36.4 Å². The number of aromatic nitrogens is 2. The van der Waals surface area contributed by atoms with E-state index in [2.05, 4.69) is 15.6 Å². The summed E-state index contributed by atoms with van der Waals surface area (Å²) in [6.07, 6.45) is 0. The van der Waals surface area contributed by atoms with Crippen LogP contribution in [0.5, 0.6) is 0 Å². The molecule has 0 spiro atoms. The van der Waals surface area contributed by atoms with Gasteiger partial charge in [-0.1, -0.05) is 29.3 Å². The van der Waals surface area contributed by atoms with Gasteiger partial charge < -0.3 is 15.2 Å². The fraction of sp³-hybridized carbons (Fsp3) is 0.125. The normalized spacial score (nSPS) is 15.8. The highest BCUT2D eigenvalue weighted by atomic mass is 35.5. The molecule has 0 saturated carbocycles. The van der Waals surface area contributed by atoms with Crippen molar-refractivity contribution in [1.82, 2.24) is 9.55 Å². The Labute approximate surface area is 150 Å². The first-order chi connectivity index (χ1) is 11.8.